The Balaban J connectivity index is 3.01. The van der Waals surface area contributed by atoms with Crippen LogP contribution >= 0.6 is 11.6 Å². The number of benzene rings is 1. The number of rotatable bonds is 5. The molecular formula is C10H14ClNO3S. The van der Waals surface area contributed by atoms with E-state index in [4.69, 9.17) is 22.1 Å². The predicted molar refractivity (Wildman–Crippen MR) is 63.7 cm³/mol. The van der Waals surface area contributed by atoms with E-state index in [1.165, 1.54) is 25.3 Å². The van der Waals surface area contributed by atoms with Crippen LogP contribution in [0.3, 0.4) is 0 Å². The van der Waals surface area contributed by atoms with Crippen molar-refractivity contribution in [3.63, 3.8) is 0 Å². The highest BCUT2D eigenvalue weighted by Crippen LogP contribution is 2.27. The lowest BCUT2D eigenvalue weighted by atomic mass is 10.3. The molecule has 90 valence electrons. The van der Waals surface area contributed by atoms with E-state index in [1.54, 1.807) is 0 Å². The summed E-state index contributed by atoms with van der Waals surface area (Å²) >= 11 is 5.86. The number of hydrogen-bond acceptors (Lipinski definition) is 4. The highest BCUT2D eigenvalue weighted by atomic mass is 35.5. The second kappa shape index (κ2) is 5.52. The first-order chi connectivity index (χ1) is 7.51. The number of ether oxygens (including phenoxy) is 1. The Morgan fingerprint density at radius 3 is 2.62 bits per heavy atom. The van der Waals surface area contributed by atoms with Gasteiger partial charge < -0.3 is 10.5 Å². The molecule has 0 bridgehead atoms. The van der Waals surface area contributed by atoms with Crippen LogP contribution in [-0.2, 0) is 9.84 Å². The molecule has 1 rings (SSSR count). The molecule has 0 unspecified atom stereocenters. The van der Waals surface area contributed by atoms with Crippen molar-refractivity contribution in [2.45, 2.75) is 11.3 Å². The average Bonchev–Trinajstić information content (AvgIpc) is 2.26. The van der Waals surface area contributed by atoms with Crippen LogP contribution in [0.15, 0.2) is 23.1 Å². The van der Waals surface area contributed by atoms with Crippen molar-refractivity contribution in [2.75, 3.05) is 19.4 Å². The van der Waals surface area contributed by atoms with Crippen LogP contribution in [0, 0.1) is 0 Å². The van der Waals surface area contributed by atoms with Crippen LogP contribution in [0.4, 0.5) is 0 Å². The van der Waals surface area contributed by atoms with Crippen LogP contribution < -0.4 is 10.5 Å². The molecule has 0 aliphatic heterocycles. The van der Waals surface area contributed by atoms with E-state index in [9.17, 15) is 8.42 Å². The Bertz CT molecular complexity index is 459. The van der Waals surface area contributed by atoms with Gasteiger partial charge in [-0.25, -0.2) is 8.42 Å². The predicted octanol–water partition coefficient (Wildman–Crippen LogP) is 1.47. The Kier molecular flexibility index (Phi) is 4.58. The van der Waals surface area contributed by atoms with Crippen molar-refractivity contribution in [3.8, 4) is 5.75 Å². The standard InChI is InChI=1S/C10H14ClNO3S/c1-15-10-4-3-8(7-9(10)11)16(13,14)6-2-5-12/h3-4,7H,2,5-6,12H2,1H3. The smallest absolute Gasteiger partial charge is 0.178 e. The zero-order chi connectivity index (χ0) is 12.2. The Labute approximate surface area is 100 Å². The molecule has 0 radical (unpaired) electrons. The molecule has 0 aliphatic carbocycles. The molecule has 6 heteroatoms. The van der Waals surface area contributed by atoms with E-state index >= 15 is 0 Å². The molecule has 0 spiro atoms. The van der Waals surface area contributed by atoms with Gasteiger partial charge in [-0.1, -0.05) is 11.6 Å². The van der Waals surface area contributed by atoms with Gasteiger partial charge in [0, 0.05) is 0 Å². The van der Waals surface area contributed by atoms with Crippen molar-refractivity contribution >= 4 is 21.4 Å². The highest BCUT2D eigenvalue weighted by molar-refractivity contribution is 7.91. The van der Waals surface area contributed by atoms with Gasteiger partial charge in [-0.15, -0.1) is 0 Å². The van der Waals surface area contributed by atoms with Crippen molar-refractivity contribution in [2.24, 2.45) is 5.73 Å². The maximum atomic E-state index is 11.8. The zero-order valence-corrected chi connectivity index (χ0v) is 10.5. The fourth-order valence-electron chi connectivity index (χ4n) is 1.23. The third kappa shape index (κ3) is 3.10. The normalized spacial score (nSPS) is 11.4. The fourth-order valence-corrected chi connectivity index (χ4v) is 2.91. The fraction of sp³-hybridized carbons (Fsp3) is 0.400. The molecule has 0 saturated carbocycles. The van der Waals surface area contributed by atoms with Crippen molar-refractivity contribution in [1.82, 2.24) is 0 Å². The first-order valence-electron chi connectivity index (χ1n) is 4.77. The van der Waals surface area contributed by atoms with Crippen molar-refractivity contribution in [3.05, 3.63) is 23.2 Å². The second-order valence-electron chi connectivity index (χ2n) is 3.26. The summed E-state index contributed by atoms with van der Waals surface area (Å²) in [6.45, 7) is 0.350. The van der Waals surface area contributed by atoms with E-state index in [0.29, 0.717) is 18.7 Å². The summed E-state index contributed by atoms with van der Waals surface area (Å²) in [5, 5.41) is 0.288. The molecule has 0 fully saturated rings. The van der Waals surface area contributed by atoms with Crippen LogP contribution in [0.1, 0.15) is 6.42 Å². The summed E-state index contributed by atoms with van der Waals surface area (Å²) in [5.74, 6) is 0.492. The van der Waals surface area contributed by atoms with Crippen LogP contribution in [0.5, 0.6) is 5.75 Å². The molecule has 0 aromatic heterocycles. The van der Waals surface area contributed by atoms with Gasteiger partial charge in [-0.2, -0.15) is 0 Å². The van der Waals surface area contributed by atoms with Gasteiger partial charge in [0.1, 0.15) is 5.75 Å². The van der Waals surface area contributed by atoms with Gasteiger partial charge >= 0.3 is 0 Å². The van der Waals surface area contributed by atoms with E-state index in [-0.39, 0.29) is 15.7 Å². The number of sulfone groups is 1. The van der Waals surface area contributed by atoms with Gasteiger partial charge in [-0.05, 0) is 31.2 Å². The van der Waals surface area contributed by atoms with Gasteiger partial charge in [-0.3, -0.25) is 0 Å². The summed E-state index contributed by atoms with van der Waals surface area (Å²) in [4.78, 5) is 0.201. The lowest BCUT2D eigenvalue weighted by Gasteiger charge is -2.06. The largest absolute Gasteiger partial charge is 0.495 e. The highest BCUT2D eigenvalue weighted by Gasteiger charge is 2.15. The van der Waals surface area contributed by atoms with Crippen LogP contribution in [0.2, 0.25) is 5.02 Å². The SMILES string of the molecule is COc1ccc(S(=O)(=O)CCCN)cc1Cl. The summed E-state index contributed by atoms with van der Waals surface area (Å²) in [5.41, 5.74) is 5.28. The molecule has 4 nitrogen and oxygen atoms in total. The van der Waals surface area contributed by atoms with Crippen molar-refractivity contribution in [1.29, 1.82) is 0 Å². The van der Waals surface area contributed by atoms with E-state index in [0.717, 1.165) is 0 Å². The molecule has 0 saturated heterocycles. The molecule has 0 amide bonds. The molecule has 0 atom stereocenters. The van der Waals surface area contributed by atoms with Crippen LogP contribution in [-0.4, -0.2) is 27.8 Å². The summed E-state index contributed by atoms with van der Waals surface area (Å²) in [6, 6.07) is 4.42. The molecular weight excluding hydrogens is 250 g/mol. The minimum atomic E-state index is -3.29. The topological polar surface area (TPSA) is 69.4 Å². The van der Waals surface area contributed by atoms with Gasteiger partial charge in [0.05, 0.1) is 22.8 Å². The molecule has 0 heterocycles. The Morgan fingerprint density at radius 2 is 2.12 bits per heavy atom. The quantitative estimate of drug-likeness (QED) is 0.873. The second-order valence-corrected chi connectivity index (χ2v) is 5.77. The van der Waals surface area contributed by atoms with Gasteiger partial charge in [0.15, 0.2) is 9.84 Å². The third-order valence-electron chi connectivity index (χ3n) is 2.10. The molecule has 16 heavy (non-hydrogen) atoms. The number of hydrogen-bond donors (Lipinski definition) is 1. The minimum absolute atomic E-state index is 0.0339. The zero-order valence-electron chi connectivity index (χ0n) is 8.94. The van der Waals surface area contributed by atoms with Crippen LogP contribution in [0.25, 0.3) is 0 Å². The van der Waals surface area contributed by atoms with E-state index < -0.39 is 9.84 Å². The van der Waals surface area contributed by atoms with Gasteiger partial charge in [0.25, 0.3) is 0 Å². The third-order valence-corrected chi connectivity index (χ3v) is 4.19. The van der Waals surface area contributed by atoms with E-state index in [2.05, 4.69) is 0 Å². The van der Waals surface area contributed by atoms with E-state index in [1.807, 2.05) is 0 Å². The summed E-state index contributed by atoms with van der Waals surface area (Å²) in [6.07, 6.45) is 0.436. The van der Waals surface area contributed by atoms with Crippen molar-refractivity contribution < 1.29 is 13.2 Å². The summed E-state index contributed by atoms with van der Waals surface area (Å²) < 4.78 is 28.5. The Hall–Kier alpha value is -0.780. The molecule has 2 N–H and O–H groups in total. The maximum absolute atomic E-state index is 11.8. The summed E-state index contributed by atoms with van der Waals surface area (Å²) in [7, 11) is -1.81. The van der Waals surface area contributed by atoms with Gasteiger partial charge in [0.2, 0.25) is 0 Å². The molecule has 1 aromatic rings. The average molecular weight is 264 g/mol. The maximum Gasteiger partial charge on any atom is 0.178 e. The number of halogens is 1. The number of methoxy groups -OCH3 is 1. The molecule has 1 aromatic carbocycles. The minimum Gasteiger partial charge on any atom is -0.495 e. The lowest BCUT2D eigenvalue weighted by molar-refractivity contribution is 0.414. The molecule has 0 aliphatic rings. The monoisotopic (exact) mass is 263 g/mol. The number of nitrogens with two attached hydrogens (primary N) is 1. The lowest BCUT2D eigenvalue weighted by Crippen LogP contribution is -2.11. The Morgan fingerprint density at radius 1 is 1.44 bits per heavy atom. The first kappa shape index (κ1) is 13.3. The first-order valence-corrected chi connectivity index (χ1v) is 6.80.